The quantitative estimate of drug-likeness (QED) is 0.840. The highest BCUT2D eigenvalue weighted by Gasteiger charge is 2.24. The Kier molecular flexibility index (Phi) is 5.55. The summed E-state index contributed by atoms with van der Waals surface area (Å²) in [5.74, 6) is -0.795. The van der Waals surface area contributed by atoms with Crippen molar-refractivity contribution >= 4 is 5.91 Å². The smallest absolute Gasteiger partial charge is 0.331 e. The molecule has 0 spiro atoms. The van der Waals surface area contributed by atoms with E-state index in [9.17, 15) is 18.8 Å². The van der Waals surface area contributed by atoms with Crippen LogP contribution in [0.1, 0.15) is 34.9 Å². The van der Waals surface area contributed by atoms with Crippen molar-refractivity contribution in [3.63, 3.8) is 0 Å². The third-order valence-corrected chi connectivity index (χ3v) is 5.05. The first-order valence-electron chi connectivity index (χ1n) is 8.93. The second kappa shape index (κ2) is 7.87. The zero-order valence-electron chi connectivity index (χ0n) is 15.4. The maximum absolute atomic E-state index is 13.3. The van der Waals surface area contributed by atoms with E-state index in [0.717, 1.165) is 46.7 Å². The highest BCUT2D eigenvalue weighted by Crippen LogP contribution is 2.24. The number of benzene rings is 1. The number of amides is 1. The lowest BCUT2D eigenvalue weighted by Crippen LogP contribution is -2.42. The SMILES string of the molecule is Cn1c(C(=O)NC[C@H](c2ccc(F)cc2)N2CCCC2)cc(=O)n(C)c1=O. The van der Waals surface area contributed by atoms with E-state index in [2.05, 4.69) is 10.2 Å². The van der Waals surface area contributed by atoms with Crippen LogP contribution < -0.4 is 16.6 Å². The lowest BCUT2D eigenvalue weighted by molar-refractivity contribution is 0.0927. The van der Waals surface area contributed by atoms with Crippen LogP contribution in [0.5, 0.6) is 0 Å². The molecule has 144 valence electrons. The van der Waals surface area contributed by atoms with Crippen LogP contribution in [-0.4, -0.2) is 39.6 Å². The molecule has 27 heavy (non-hydrogen) atoms. The van der Waals surface area contributed by atoms with Crippen molar-refractivity contribution in [1.82, 2.24) is 19.4 Å². The molecule has 2 aromatic rings. The Hall–Kier alpha value is -2.74. The van der Waals surface area contributed by atoms with Crippen LogP contribution >= 0.6 is 0 Å². The molecule has 8 heteroatoms. The molecular formula is C19H23FN4O3. The number of carbonyl (C=O) groups excluding carboxylic acids is 1. The number of aromatic nitrogens is 2. The molecule has 0 unspecified atom stereocenters. The molecule has 0 radical (unpaired) electrons. The fourth-order valence-corrected chi connectivity index (χ4v) is 3.43. The molecule has 3 rings (SSSR count). The van der Waals surface area contributed by atoms with Gasteiger partial charge in [-0.2, -0.15) is 0 Å². The van der Waals surface area contributed by atoms with Gasteiger partial charge in [0.2, 0.25) is 0 Å². The van der Waals surface area contributed by atoms with E-state index in [-0.39, 0.29) is 17.6 Å². The number of halogens is 1. The standard InChI is InChI=1S/C19H23FN4O3/c1-22-15(11-17(25)23(2)19(22)27)18(26)21-12-16(24-9-3-4-10-24)13-5-7-14(20)8-6-13/h5-8,11,16H,3-4,9-10,12H2,1-2H3,(H,21,26)/t16-/m1/s1. The van der Waals surface area contributed by atoms with Crippen LogP contribution in [0.4, 0.5) is 4.39 Å². The van der Waals surface area contributed by atoms with Gasteiger partial charge in [-0.25, -0.2) is 9.18 Å². The third kappa shape index (κ3) is 4.00. The summed E-state index contributed by atoms with van der Waals surface area (Å²) in [4.78, 5) is 38.7. The van der Waals surface area contributed by atoms with Crippen LogP contribution in [0, 0.1) is 5.82 Å². The Bertz CT molecular complexity index is 943. The van der Waals surface area contributed by atoms with Gasteiger partial charge in [0.05, 0.1) is 6.04 Å². The van der Waals surface area contributed by atoms with Crippen LogP contribution in [0.25, 0.3) is 0 Å². The molecule has 1 atom stereocenters. The zero-order valence-corrected chi connectivity index (χ0v) is 15.4. The maximum atomic E-state index is 13.3. The zero-order chi connectivity index (χ0) is 19.6. The van der Waals surface area contributed by atoms with Gasteiger partial charge in [0.25, 0.3) is 11.5 Å². The molecule has 1 saturated heterocycles. The number of nitrogens with zero attached hydrogens (tertiary/aromatic N) is 3. The van der Waals surface area contributed by atoms with E-state index in [1.165, 1.54) is 26.2 Å². The van der Waals surface area contributed by atoms with Gasteiger partial charge in [0.1, 0.15) is 11.5 Å². The number of carbonyl (C=O) groups is 1. The average molecular weight is 374 g/mol. The molecule has 0 aliphatic carbocycles. The summed E-state index contributed by atoms with van der Waals surface area (Å²) in [7, 11) is 2.82. The molecular weight excluding hydrogens is 351 g/mol. The summed E-state index contributed by atoms with van der Waals surface area (Å²) in [5.41, 5.74) is -0.154. The van der Waals surface area contributed by atoms with Crippen molar-refractivity contribution < 1.29 is 9.18 Å². The summed E-state index contributed by atoms with van der Waals surface area (Å²) >= 11 is 0. The van der Waals surface area contributed by atoms with Gasteiger partial charge >= 0.3 is 5.69 Å². The summed E-state index contributed by atoms with van der Waals surface area (Å²) in [6.45, 7) is 2.11. The first kappa shape index (κ1) is 19.0. The van der Waals surface area contributed by atoms with E-state index < -0.39 is 17.2 Å². The second-order valence-corrected chi connectivity index (χ2v) is 6.79. The van der Waals surface area contributed by atoms with E-state index in [0.29, 0.717) is 6.54 Å². The monoisotopic (exact) mass is 374 g/mol. The van der Waals surface area contributed by atoms with Gasteiger partial charge in [0.15, 0.2) is 0 Å². The number of likely N-dealkylation sites (tertiary alicyclic amines) is 1. The molecule has 0 bridgehead atoms. The van der Waals surface area contributed by atoms with Crippen molar-refractivity contribution in [2.45, 2.75) is 18.9 Å². The summed E-state index contributed by atoms with van der Waals surface area (Å²) < 4.78 is 15.4. The van der Waals surface area contributed by atoms with Gasteiger partial charge in [-0.1, -0.05) is 12.1 Å². The molecule has 1 aliphatic rings. The normalized spacial score (nSPS) is 15.7. The first-order chi connectivity index (χ1) is 12.9. The van der Waals surface area contributed by atoms with Crippen molar-refractivity contribution in [1.29, 1.82) is 0 Å². The largest absolute Gasteiger partial charge is 0.349 e. The summed E-state index contributed by atoms with van der Waals surface area (Å²) in [6.07, 6.45) is 2.16. The van der Waals surface area contributed by atoms with Crippen molar-refractivity contribution in [2.75, 3.05) is 19.6 Å². The minimum atomic E-state index is -0.553. The fraction of sp³-hybridized carbons (Fsp3) is 0.421. The van der Waals surface area contributed by atoms with Crippen molar-refractivity contribution in [3.05, 3.63) is 68.2 Å². The van der Waals surface area contributed by atoms with E-state index in [1.807, 2.05) is 0 Å². The molecule has 0 saturated carbocycles. The second-order valence-electron chi connectivity index (χ2n) is 6.79. The molecule has 7 nitrogen and oxygen atoms in total. The average Bonchev–Trinajstić information content (AvgIpc) is 3.18. The Morgan fingerprint density at radius 1 is 1.11 bits per heavy atom. The van der Waals surface area contributed by atoms with E-state index >= 15 is 0 Å². The molecule has 1 fully saturated rings. The van der Waals surface area contributed by atoms with E-state index in [1.54, 1.807) is 12.1 Å². The highest BCUT2D eigenvalue weighted by atomic mass is 19.1. The predicted molar refractivity (Wildman–Crippen MR) is 99.2 cm³/mol. The molecule has 1 aromatic carbocycles. The van der Waals surface area contributed by atoms with Crippen molar-refractivity contribution in [2.24, 2.45) is 14.1 Å². The summed E-state index contributed by atoms with van der Waals surface area (Å²) in [5, 5.41) is 2.82. The molecule has 2 heterocycles. The number of rotatable bonds is 5. The number of hydrogen-bond acceptors (Lipinski definition) is 4. The van der Waals surface area contributed by atoms with Gasteiger partial charge in [-0.05, 0) is 43.6 Å². The van der Waals surface area contributed by atoms with Crippen LogP contribution in [0.3, 0.4) is 0 Å². The lowest BCUT2D eigenvalue weighted by Gasteiger charge is -2.28. The maximum Gasteiger partial charge on any atom is 0.331 e. The Morgan fingerprint density at radius 2 is 1.74 bits per heavy atom. The van der Waals surface area contributed by atoms with E-state index in [4.69, 9.17) is 0 Å². The van der Waals surface area contributed by atoms with Crippen LogP contribution in [-0.2, 0) is 14.1 Å². The Morgan fingerprint density at radius 3 is 2.37 bits per heavy atom. The van der Waals surface area contributed by atoms with Crippen molar-refractivity contribution in [3.8, 4) is 0 Å². The van der Waals surface area contributed by atoms with Gasteiger partial charge in [0, 0.05) is 26.7 Å². The molecule has 1 aromatic heterocycles. The predicted octanol–water partition coefficient (Wildman–Crippen LogP) is 0.790. The minimum absolute atomic E-state index is 0.0161. The Labute approximate surface area is 156 Å². The van der Waals surface area contributed by atoms with Gasteiger partial charge < -0.3 is 5.32 Å². The number of hydrogen-bond donors (Lipinski definition) is 1. The van der Waals surface area contributed by atoms with Crippen LogP contribution in [0.2, 0.25) is 0 Å². The lowest BCUT2D eigenvalue weighted by atomic mass is 10.1. The van der Waals surface area contributed by atoms with Gasteiger partial charge in [-0.3, -0.25) is 23.6 Å². The third-order valence-electron chi connectivity index (χ3n) is 5.05. The highest BCUT2D eigenvalue weighted by molar-refractivity contribution is 5.92. The summed E-state index contributed by atoms with van der Waals surface area (Å²) in [6, 6.07) is 7.31. The van der Waals surface area contributed by atoms with Crippen LogP contribution in [0.15, 0.2) is 39.9 Å². The minimum Gasteiger partial charge on any atom is -0.349 e. The number of nitrogens with one attached hydrogen (secondary N) is 1. The fourth-order valence-electron chi connectivity index (χ4n) is 3.43. The molecule has 1 aliphatic heterocycles. The molecule has 1 N–H and O–H groups in total. The van der Waals surface area contributed by atoms with Gasteiger partial charge in [-0.15, -0.1) is 0 Å². The first-order valence-corrected chi connectivity index (χ1v) is 8.93. The topological polar surface area (TPSA) is 76.3 Å². The molecule has 1 amide bonds. The Balaban J connectivity index is 1.81.